The summed E-state index contributed by atoms with van der Waals surface area (Å²) in [5.74, 6) is -0.407. The summed E-state index contributed by atoms with van der Waals surface area (Å²) in [7, 11) is 1.98. The minimum Gasteiger partial charge on any atom is -0.508 e. The monoisotopic (exact) mass is 344 g/mol. The van der Waals surface area contributed by atoms with Gasteiger partial charge in [0.05, 0.1) is 5.69 Å². The molecule has 0 saturated carbocycles. The molecule has 132 valence electrons. The molecule has 0 spiro atoms. The SMILES string of the molecule is CN1CCC[C@H]1CN(C(=O)O)c1ccc(F)cc1-c1cccc(O)c1. The number of anilines is 1. The van der Waals surface area contributed by atoms with Crippen LogP contribution in [0.25, 0.3) is 11.1 Å². The summed E-state index contributed by atoms with van der Waals surface area (Å²) < 4.78 is 13.8. The van der Waals surface area contributed by atoms with Gasteiger partial charge >= 0.3 is 6.09 Å². The number of likely N-dealkylation sites (N-methyl/N-ethyl adjacent to an activating group) is 1. The van der Waals surface area contributed by atoms with Crippen LogP contribution >= 0.6 is 0 Å². The lowest BCUT2D eigenvalue weighted by Gasteiger charge is -2.28. The number of hydrogen-bond acceptors (Lipinski definition) is 3. The minimum absolute atomic E-state index is 0.0464. The summed E-state index contributed by atoms with van der Waals surface area (Å²) in [5, 5.41) is 19.4. The number of carboxylic acid groups (broad SMARTS) is 1. The van der Waals surface area contributed by atoms with Crippen LogP contribution in [0.2, 0.25) is 0 Å². The smallest absolute Gasteiger partial charge is 0.411 e. The van der Waals surface area contributed by atoms with Gasteiger partial charge in [-0.3, -0.25) is 4.90 Å². The van der Waals surface area contributed by atoms with Crippen LogP contribution in [0, 0.1) is 5.82 Å². The van der Waals surface area contributed by atoms with Gasteiger partial charge in [0.25, 0.3) is 0 Å². The lowest BCUT2D eigenvalue weighted by atomic mass is 10.0. The molecule has 1 saturated heterocycles. The molecule has 3 rings (SSSR count). The Bertz CT molecular complexity index is 781. The van der Waals surface area contributed by atoms with E-state index in [1.54, 1.807) is 12.1 Å². The van der Waals surface area contributed by atoms with Crippen LogP contribution in [0.4, 0.5) is 14.9 Å². The minimum atomic E-state index is -1.08. The highest BCUT2D eigenvalue weighted by Crippen LogP contribution is 2.34. The number of amides is 1. The molecule has 1 heterocycles. The number of aromatic hydroxyl groups is 1. The maximum atomic E-state index is 13.8. The van der Waals surface area contributed by atoms with Crippen molar-refractivity contribution in [2.45, 2.75) is 18.9 Å². The maximum absolute atomic E-state index is 13.8. The highest BCUT2D eigenvalue weighted by atomic mass is 19.1. The highest BCUT2D eigenvalue weighted by molar-refractivity contribution is 5.93. The average molecular weight is 344 g/mol. The first kappa shape index (κ1) is 17.2. The fourth-order valence-corrected chi connectivity index (χ4v) is 3.35. The Morgan fingerprint density at radius 2 is 2.12 bits per heavy atom. The second-order valence-electron chi connectivity index (χ2n) is 6.38. The quantitative estimate of drug-likeness (QED) is 0.886. The molecule has 2 aromatic carbocycles. The van der Waals surface area contributed by atoms with Crippen molar-refractivity contribution in [2.75, 3.05) is 25.0 Å². The van der Waals surface area contributed by atoms with Gasteiger partial charge < -0.3 is 15.1 Å². The molecule has 2 aromatic rings. The molecule has 0 aromatic heterocycles. The van der Waals surface area contributed by atoms with Gasteiger partial charge in [-0.25, -0.2) is 9.18 Å². The maximum Gasteiger partial charge on any atom is 0.411 e. The largest absolute Gasteiger partial charge is 0.508 e. The summed E-state index contributed by atoms with van der Waals surface area (Å²) in [4.78, 5) is 15.3. The number of likely N-dealkylation sites (tertiary alicyclic amines) is 1. The van der Waals surface area contributed by atoms with Crippen molar-refractivity contribution in [1.29, 1.82) is 0 Å². The van der Waals surface area contributed by atoms with E-state index < -0.39 is 11.9 Å². The molecule has 1 aliphatic heterocycles. The van der Waals surface area contributed by atoms with Crippen LogP contribution in [0.15, 0.2) is 42.5 Å². The number of nitrogens with zero attached hydrogens (tertiary/aromatic N) is 2. The van der Waals surface area contributed by atoms with E-state index in [-0.39, 0.29) is 11.8 Å². The van der Waals surface area contributed by atoms with Crippen molar-refractivity contribution >= 4 is 11.8 Å². The van der Waals surface area contributed by atoms with Crippen molar-refractivity contribution in [2.24, 2.45) is 0 Å². The summed E-state index contributed by atoms with van der Waals surface area (Å²) >= 11 is 0. The molecule has 5 nitrogen and oxygen atoms in total. The molecule has 0 radical (unpaired) electrons. The van der Waals surface area contributed by atoms with E-state index in [1.165, 1.54) is 35.2 Å². The van der Waals surface area contributed by atoms with Crippen LogP contribution in [0.1, 0.15) is 12.8 Å². The third kappa shape index (κ3) is 3.74. The van der Waals surface area contributed by atoms with E-state index >= 15 is 0 Å². The molecule has 1 atom stereocenters. The number of phenols is 1. The summed E-state index contributed by atoms with van der Waals surface area (Å²) in [6.07, 6.45) is 0.897. The zero-order valence-electron chi connectivity index (χ0n) is 14.0. The predicted molar refractivity (Wildman–Crippen MR) is 94.5 cm³/mol. The van der Waals surface area contributed by atoms with E-state index in [0.717, 1.165) is 19.4 Å². The third-order valence-electron chi connectivity index (χ3n) is 4.70. The Hall–Kier alpha value is -2.60. The fraction of sp³-hybridized carbons (Fsp3) is 0.316. The molecule has 0 unspecified atom stereocenters. The van der Waals surface area contributed by atoms with Gasteiger partial charge in [0.15, 0.2) is 0 Å². The van der Waals surface area contributed by atoms with E-state index in [9.17, 15) is 19.4 Å². The van der Waals surface area contributed by atoms with E-state index in [4.69, 9.17) is 0 Å². The Morgan fingerprint density at radius 3 is 2.76 bits per heavy atom. The third-order valence-corrected chi connectivity index (χ3v) is 4.70. The van der Waals surface area contributed by atoms with Crippen molar-refractivity contribution < 1.29 is 19.4 Å². The molecule has 1 fully saturated rings. The van der Waals surface area contributed by atoms with Crippen molar-refractivity contribution in [1.82, 2.24) is 4.90 Å². The molecule has 0 bridgehead atoms. The summed E-state index contributed by atoms with van der Waals surface area (Å²) in [5.41, 5.74) is 1.43. The summed E-state index contributed by atoms with van der Waals surface area (Å²) in [6.45, 7) is 1.27. The lowest BCUT2D eigenvalue weighted by molar-refractivity contribution is 0.198. The molecular formula is C19H21FN2O3. The lowest BCUT2D eigenvalue weighted by Crippen LogP contribution is -2.41. The zero-order chi connectivity index (χ0) is 18.0. The van der Waals surface area contributed by atoms with Crippen LogP contribution in [0.5, 0.6) is 5.75 Å². The van der Waals surface area contributed by atoms with Gasteiger partial charge in [-0.05, 0) is 62.3 Å². The highest BCUT2D eigenvalue weighted by Gasteiger charge is 2.28. The number of hydrogen-bond donors (Lipinski definition) is 2. The Labute approximate surface area is 145 Å². The molecule has 1 aliphatic rings. The number of carbonyl (C=O) groups is 1. The zero-order valence-corrected chi connectivity index (χ0v) is 14.0. The van der Waals surface area contributed by atoms with Gasteiger partial charge in [-0.2, -0.15) is 0 Å². The Kier molecular flexibility index (Phi) is 4.90. The van der Waals surface area contributed by atoms with Crippen LogP contribution in [-0.2, 0) is 0 Å². The Morgan fingerprint density at radius 1 is 1.32 bits per heavy atom. The second kappa shape index (κ2) is 7.11. The first-order chi connectivity index (χ1) is 12.0. The Balaban J connectivity index is 2.02. The van der Waals surface area contributed by atoms with Crippen molar-refractivity contribution in [3.63, 3.8) is 0 Å². The van der Waals surface area contributed by atoms with Crippen molar-refractivity contribution in [3.8, 4) is 16.9 Å². The molecule has 0 aliphatic carbocycles. The standard InChI is InChI=1S/C19H21FN2O3/c1-21-9-3-5-15(21)12-22(19(24)25)18-8-7-14(20)11-17(18)13-4-2-6-16(23)10-13/h2,4,6-8,10-11,15,23H,3,5,9,12H2,1H3,(H,24,25)/t15-/m0/s1. The van der Waals surface area contributed by atoms with E-state index in [1.807, 2.05) is 7.05 Å². The molecular weight excluding hydrogens is 323 g/mol. The molecule has 2 N–H and O–H groups in total. The first-order valence-corrected chi connectivity index (χ1v) is 8.25. The molecule has 6 heteroatoms. The molecule has 25 heavy (non-hydrogen) atoms. The first-order valence-electron chi connectivity index (χ1n) is 8.25. The van der Waals surface area contributed by atoms with Crippen LogP contribution in [0.3, 0.4) is 0 Å². The molecule has 1 amide bonds. The topological polar surface area (TPSA) is 64.0 Å². The summed E-state index contributed by atoms with van der Waals surface area (Å²) in [6, 6.07) is 10.6. The number of benzene rings is 2. The average Bonchev–Trinajstić information content (AvgIpc) is 2.97. The van der Waals surface area contributed by atoms with Crippen molar-refractivity contribution in [3.05, 3.63) is 48.3 Å². The van der Waals surface area contributed by atoms with E-state index in [2.05, 4.69) is 4.90 Å². The van der Waals surface area contributed by atoms with Gasteiger partial charge in [-0.1, -0.05) is 12.1 Å². The number of halogens is 1. The van der Waals surface area contributed by atoms with Crippen LogP contribution in [-0.4, -0.2) is 47.4 Å². The predicted octanol–water partition coefficient (Wildman–Crippen LogP) is 3.78. The van der Waals surface area contributed by atoms with Gasteiger partial charge in [0.1, 0.15) is 11.6 Å². The number of rotatable bonds is 4. The van der Waals surface area contributed by atoms with Gasteiger partial charge in [-0.15, -0.1) is 0 Å². The fourth-order valence-electron chi connectivity index (χ4n) is 3.35. The number of phenolic OH excluding ortho intramolecular Hbond substituents is 1. The normalized spacial score (nSPS) is 17.6. The van der Waals surface area contributed by atoms with Gasteiger partial charge in [0.2, 0.25) is 0 Å². The van der Waals surface area contributed by atoms with Gasteiger partial charge in [0, 0.05) is 18.2 Å². The second-order valence-corrected chi connectivity index (χ2v) is 6.38. The van der Waals surface area contributed by atoms with Crippen LogP contribution < -0.4 is 4.90 Å². The van der Waals surface area contributed by atoms with E-state index in [0.29, 0.717) is 23.4 Å².